The Morgan fingerprint density at radius 2 is 1.86 bits per heavy atom. The molecule has 0 aliphatic rings. The van der Waals surface area contributed by atoms with E-state index < -0.39 is 11.0 Å². The van der Waals surface area contributed by atoms with Crippen molar-refractivity contribution in [3.8, 4) is 0 Å². The second kappa shape index (κ2) is 6.85. The average Bonchev–Trinajstić information content (AvgIpc) is 2.48. The lowest BCUT2D eigenvalue weighted by atomic mass is 10.2. The predicted octanol–water partition coefficient (Wildman–Crippen LogP) is 3.39. The largest absolute Gasteiger partial charge is 0.323 e. The van der Waals surface area contributed by atoms with Crippen molar-refractivity contribution in [2.45, 2.75) is 0 Å². The Kier molecular flexibility index (Phi) is 4.66. The molecule has 0 aliphatic carbocycles. The van der Waals surface area contributed by atoms with Crippen LogP contribution in [0.25, 0.3) is 6.08 Å². The zero-order valence-electron chi connectivity index (χ0n) is 11.0. The van der Waals surface area contributed by atoms with Crippen LogP contribution in [0, 0.1) is 10.1 Å². The van der Waals surface area contributed by atoms with Gasteiger partial charge in [0, 0.05) is 24.0 Å². The van der Waals surface area contributed by atoms with Gasteiger partial charge in [-0.2, -0.15) is 0 Å². The lowest BCUT2D eigenvalue weighted by Gasteiger charge is -2.04. The van der Waals surface area contributed by atoms with Gasteiger partial charge in [-0.05, 0) is 17.7 Å². The number of urea groups is 1. The number of hydrogen-bond donors (Lipinski definition) is 2. The molecule has 0 heterocycles. The number of nitrogens with one attached hydrogen (secondary N) is 2. The van der Waals surface area contributed by atoms with Crippen molar-refractivity contribution in [2.24, 2.45) is 0 Å². The smallest absolute Gasteiger partial charge is 0.314 e. The number of hydrogen-bond acceptors (Lipinski definition) is 3. The van der Waals surface area contributed by atoms with Crippen molar-refractivity contribution in [1.29, 1.82) is 0 Å². The molecule has 6 nitrogen and oxygen atoms in total. The van der Waals surface area contributed by atoms with E-state index in [9.17, 15) is 14.9 Å². The maximum atomic E-state index is 11.6. The minimum absolute atomic E-state index is 0.0763. The van der Waals surface area contributed by atoms with Crippen LogP contribution in [0.15, 0.2) is 60.8 Å². The number of carbonyl (C=O) groups excluding carboxylic acids is 1. The third kappa shape index (κ3) is 4.46. The number of carbonyl (C=O) groups is 1. The number of benzene rings is 2. The second-order valence-electron chi connectivity index (χ2n) is 4.15. The van der Waals surface area contributed by atoms with Gasteiger partial charge < -0.3 is 10.6 Å². The average molecular weight is 283 g/mol. The molecule has 2 amide bonds. The highest BCUT2D eigenvalue weighted by Gasteiger charge is 2.06. The third-order valence-corrected chi connectivity index (χ3v) is 2.60. The summed E-state index contributed by atoms with van der Waals surface area (Å²) in [4.78, 5) is 21.8. The van der Waals surface area contributed by atoms with E-state index in [1.54, 1.807) is 12.1 Å². The topological polar surface area (TPSA) is 84.3 Å². The number of non-ortho nitro benzene ring substituents is 1. The van der Waals surface area contributed by atoms with Crippen LogP contribution in [-0.4, -0.2) is 11.0 Å². The van der Waals surface area contributed by atoms with Gasteiger partial charge in [0.2, 0.25) is 0 Å². The fourth-order valence-corrected chi connectivity index (χ4v) is 1.64. The Bertz CT molecular complexity index is 669. The fourth-order valence-electron chi connectivity index (χ4n) is 1.64. The summed E-state index contributed by atoms with van der Waals surface area (Å²) in [7, 11) is 0. The minimum Gasteiger partial charge on any atom is -0.314 e. The van der Waals surface area contributed by atoms with E-state index in [2.05, 4.69) is 10.6 Å². The van der Waals surface area contributed by atoms with E-state index in [-0.39, 0.29) is 5.69 Å². The van der Waals surface area contributed by atoms with E-state index in [4.69, 9.17) is 0 Å². The number of rotatable bonds is 4. The molecule has 0 saturated carbocycles. The fraction of sp³-hybridized carbons (Fsp3) is 0. The Labute approximate surface area is 121 Å². The summed E-state index contributed by atoms with van der Waals surface area (Å²) in [5.74, 6) is 0. The molecule has 2 aromatic carbocycles. The lowest BCUT2D eigenvalue weighted by molar-refractivity contribution is -0.384. The van der Waals surface area contributed by atoms with Gasteiger partial charge in [0.15, 0.2) is 0 Å². The van der Waals surface area contributed by atoms with Crippen molar-refractivity contribution in [1.82, 2.24) is 5.32 Å². The van der Waals surface area contributed by atoms with Crippen LogP contribution in [0.3, 0.4) is 0 Å². The Hall–Kier alpha value is -3.15. The van der Waals surface area contributed by atoms with Gasteiger partial charge in [-0.15, -0.1) is 0 Å². The molecule has 0 atom stereocenters. The molecule has 0 unspecified atom stereocenters. The van der Waals surface area contributed by atoms with Gasteiger partial charge in [0.1, 0.15) is 0 Å². The summed E-state index contributed by atoms with van der Waals surface area (Å²) in [5.41, 5.74) is 1.23. The molecule has 0 aliphatic heterocycles. The van der Waals surface area contributed by atoms with Crippen LogP contribution in [-0.2, 0) is 0 Å². The third-order valence-electron chi connectivity index (χ3n) is 2.60. The molecule has 2 aromatic rings. The molecular weight excluding hydrogens is 270 g/mol. The van der Waals surface area contributed by atoms with Gasteiger partial charge >= 0.3 is 6.03 Å². The van der Waals surface area contributed by atoms with Gasteiger partial charge in [-0.25, -0.2) is 4.79 Å². The van der Waals surface area contributed by atoms with Gasteiger partial charge in [0.05, 0.1) is 4.92 Å². The summed E-state index contributed by atoms with van der Waals surface area (Å²) in [5, 5.41) is 15.7. The number of nitro benzene ring substituents is 1. The quantitative estimate of drug-likeness (QED) is 0.666. The molecule has 0 fully saturated rings. The predicted molar refractivity (Wildman–Crippen MR) is 80.7 cm³/mol. The van der Waals surface area contributed by atoms with Crippen LogP contribution < -0.4 is 10.6 Å². The van der Waals surface area contributed by atoms with Gasteiger partial charge in [0.25, 0.3) is 5.69 Å². The molecule has 0 radical (unpaired) electrons. The standard InChI is InChI=1S/C15H13N3O3/c19-15(16-10-9-12-5-2-1-3-6-12)17-13-7-4-8-14(11-13)18(20)21/h1-11H,(H2,16,17,19). The van der Waals surface area contributed by atoms with Crippen molar-refractivity contribution in [3.63, 3.8) is 0 Å². The Morgan fingerprint density at radius 3 is 2.57 bits per heavy atom. The minimum atomic E-state index is -0.515. The van der Waals surface area contributed by atoms with Crippen LogP contribution >= 0.6 is 0 Å². The zero-order valence-corrected chi connectivity index (χ0v) is 11.0. The summed E-state index contributed by atoms with van der Waals surface area (Å²) in [6.07, 6.45) is 3.25. The summed E-state index contributed by atoms with van der Waals surface area (Å²) >= 11 is 0. The molecule has 0 bridgehead atoms. The monoisotopic (exact) mass is 283 g/mol. The second-order valence-corrected chi connectivity index (χ2v) is 4.15. The van der Waals surface area contributed by atoms with E-state index in [1.165, 1.54) is 24.4 Å². The summed E-state index contributed by atoms with van der Waals surface area (Å²) in [6, 6.07) is 14.8. The van der Waals surface area contributed by atoms with Crippen LogP contribution in [0.1, 0.15) is 5.56 Å². The first kappa shape index (κ1) is 14.3. The maximum Gasteiger partial charge on any atom is 0.323 e. The Balaban J connectivity index is 1.91. The molecule has 6 heteroatoms. The molecule has 21 heavy (non-hydrogen) atoms. The summed E-state index contributed by atoms with van der Waals surface area (Å²) in [6.45, 7) is 0. The van der Waals surface area contributed by atoms with E-state index >= 15 is 0 Å². The molecule has 106 valence electrons. The molecule has 2 rings (SSSR count). The molecule has 0 aromatic heterocycles. The lowest BCUT2D eigenvalue weighted by Crippen LogP contribution is -2.23. The van der Waals surface area contributed by atoms with E-state index in [0.717, 1.165) is 5.56 Å². The maximum absolute atomic E-state index is 11.6. The van der Waals surface area contributed by atoms with Crippen LogP contribution in [0.2, 0.25) is 0 Å². The highest BCUT2D eigenvalue weighted by Crippen LogP contribution is 2.16. The first-order valence-electron chi connectivity index (χ1n) is 6.19. The zero-order chi connectivity index (χ0) is 15.1. The number of nitro groups is 1. The highest BCUT2D eigenvalue weighted by atomic mass is 16.6. The van der Waals surface area contributed by atoms with Crippen molar-refractivity contribution < 1.29 is 9.72 Å². The van der Waals surface area contributed by atoms with Crippen molar-refractivity contribution in [3.05, 3.63) is 76.5 Å². The molecular formula is C15H13N3O3. The van der Waals surface area contributed by atoms with Gasteiger partial charge in [-0.3, -0.25) is 10.1 Å². The number of anilines is 1. The van der Waals surface area contributed by atoms with Gasteiger partial charge in [-0.1, -0.05) is 36.4 Å². The first-order chi connectivity index (χ1) is 10.1. The molecule has 0 spiro atoms. The van der Waals surface area contributed by atoms with Crippen LogP contribution in [0.4, 0.5) is 16.2 Å². The van der Waals surface area contributed by atoms with E-state index in [1.807, 2.05) is 30.3 Å². The molecule has 2 N–H and O–H groups in total. The Morgan fingerprint density at radius 1 is 1.10 bits per heavy atom. The highest BCUT2D eigenvalue weighted by molar-refractivity contribution is 5.90. The normalized spacial score (nSPS) is 10.3. The van der Waals surface area contributed by atoms with Crippen LogP contribution in [0.5, 0.6) is 0 Å². The van der Waals surface area contributed by atoms with E-state index in [0.29, 0.717) is 5.69 Å². The summed E-state index contributed by atoms with van der Waals surface area (Å²) < 4.78 is 0. The SMILES string of the molecule is O=C(NC=Cc1ccccc1)Nc1cccc([N+](=O)[O-])c1. The number of amides is 2. The van der Waals surface area contributed by atoms with Crippen molar-refractivity contribution in [2.75, 3.05) is 5.32 Å². The first-order valence-corrected chi connectivity index (χ1v) is 6.19. The molecule has 0 saturated heterocycles. The van der Waals surface area contributed by atoms with Crippen molar-refractivity contribution >= 4 is 23.5 Å². The number of nitrogens with zero attached hydrogens (tertiary/aromatic N) is 1.